The van der Waals surface area contributed by atoms with E-state index in [0.717, 1.165) is 5.69 Å². The van der Waals surface area contributed by atoms with Crippen molar-refractivity contribution >= 4 is 0 Å². The molecule has 0 atom stereocenters. The minimum Gasteiger partial charge on any atom is -0.261 e. The molecule has 0 spiro atoms. The normalized spacial score (nSPS) is 8.22. The Morgan fingerprint density at radius 2 is 2.00 bits per heavy atom. The molecule has 0 bridgehead atoms. The Balaban J connectivity index is 0.000000640. The minimum absolute atomic E-state index is 0. The maximum absolute atomic E-state index is 4.08. The van der Waals surface area contributed by atoms with Gasteiger partial charge >= 0.3 is 0 Å². The quantitative estimate of drug-likeness (QED) is 0.605. The van der Waals surface area contributed by atoms with Crippen LogP contribution >= 0.6 is 0 Å². The number of aryl methyl sites for hydroxylation is 2. The molecule has 2 heteroatoms. The molecule has 0 N–H and O–H groups in total. The Hall–Kier alpha value is 0.0721. The fourth-order valence-electron chi connectivity index (χ4n) is 0.565. The van der Waals surface area contributed by atoms with Crippen molar-refractivity contribution in [3.8, 4) is 0 Å². The van der Waals surface area contributed by atoms with Crippen LogP contribution in [0.2, 0.25) is 0 Å². The summed E-state index contributed by atoms with van der Waals surface area (Å²) in [6.45, 7) is 4.07. The molecule has 1 heterocycles. The third-order valence-corrected chi connectivity index (χ3v) is 1.27. The molecule has 1 rings (SSSR count). The molecule has 0 aliphatic carbocycles. The Kier molecular flexibility index (Phi) is 4.01. The van der Waals surface area contributed by atoms with Crippen LogP contribution in [0.1, 0.15) is 11.3 Å². The van der Waals surface area contributed by atoms with Gasteiger partial charge < -0.3 is 0 Å². The van der Waals surface area contributed by atoms with Crippen LogP contribution in [0.4, 0.5) is 0 Å². The Labute approximate surface area is 75.7 Å². The molecule has 1 aromatic rings. The van der Waals surface area contributed by atoms with E-state index in [2.05, 4.69) is 18.0 Å². The zero-order chi connectivity index (χ0) is 5.98. The van der Waals surface area contributed by atoms with Crippen LogP contribution in [0.15, 0.2) is 18.3 Å². The molecule has 9 heavy (non-hydrogen) atoms. The topological polar surface area (TPSA) is 12.9 Å². The second-order valence-corrected chi connectivity index (χ2v) is 1.91. The summed E-state index contributed by atoms with van der Waals surface area (Å²) in [5.41, 5.74) is 2.38. The van der Waals surface area contributed by atoms with E-state index in [1.165, 1.54) is 5.56 Å². The summed E-state index contributed by atoms with van der Waals surface area (Å²) < 4.78 is 0. The van der Waals surface area contributed by atoms with Crippen LogP contribution in [-0.2, 0) is 27.3 Å². The van der Waals surface area contributed by atoms with Crippen LogP contribution in [0.3, 0.4) is 0 Å². The first kappa shape index (κ1) is 9.07. The molecule has 0 unspecified atom stereocenters. The molecule has 0 saturated heterocycles. The standard InChI is InChI=1S/C7H9N.Cd/c1-6-4-3-5-8-7(6)2;/h3-5H,1-2H3;. The first-order valence-electron chi connectivity index (χ1n) is 2.69. The second-order valence-electron chi connectivity index (χ2n) is 1.91. The van der Waals surface area contributed by atoms with Gasteiger partial charge in [-0.15, -0.1) is 0 Å². The van der Waals surface area contributed by atoms with Gasteiger partial charge in [-0.05, 0) is 25.5 Å². The average molecular weight is 220 g/mol. The molecule has 1 aromatic heterocycles. The van der Waals surface area contributed by atoms with Gasteiger partial charge in [-0.1, -0.05) is 6.07 Å². The van der Waals surface area contributed by atoms with Crippen LogP contribution in [0, 0.1) is 13.8 Å². The number of hydrogen-bond donors (Lipinski definition) is 0. The summed E-state index contributed by atoms with van der Waals surface area (Å²) >= 11 is 0. The smallest absolute Gasteiger partial charge is 0.0401 e. The summed E-state index contributed by atoms with van der Waals surface area (Å²) in [7, 11) is 0. The number of hydrogen-bond acceptors (Lipinski definition) is 1. The van der Waals surface area contributed by atoms with Crippen molar-refractivity contribution in [2.75, 3.05) is 0 Å². The van der Waals surface area contributed by atoms with Gasteiger partial charge in [-0.3, -0.25) is 4.98 Å². The van der Waals surface area contributed by atoms with E-state index in [1.807, 2.05) is 19.2 Å². The van der Waals surface area contributed by atoms with Gasteiger partial charge in [-0.2, -0.15) is 0 Å². The summed E-state index contributed by atoms with van der Waals surface area (Å²) in [5, 5.41) is 0. The number of pyridine rings is 1. The van der Waals surface area contributed by atoms with E-state index in [1.54, 1.807) is 0 Å². The molecule has 0 saturated carbocycles. The number of rotatable bonds is 0. The van der Waals surface area contributed by atoms with Crippen LogP contribution < -0.4 is 0 Å². The summed E-state index contributed by atoms with van der Waals surface area (Å²) in [5.74, 6) is 0. The Morgan fingerprint density at radius 1 is 1.33 bits per heavy atom. The third kappa shape index (κ3) is 2.43. The zero-order valence-corrected chi connectivity index (χ0v) is 9.92. The van der Waals surface area contributed by atoms with Gasteiger partial charge in [0.25, 0.3) is 0 Å². The van der Waals surface area contributed by atoms with Gasteiger partial charge in [0, 0.05) is 39.2 Å². The fraction of sp³-hybridized carbons (Fsp3) is 0.286. The van der Waals surface area contributed by atoms with Gasteiger partial charge in [0.05, 0.1) is 0 Å². The molecule has 0 radical (unpaired) electrons. The van der Waals surface area contributed by atoms with Gasteiger partial charge in [0.2, 0.25) is 0 Å². The van der Waals surface area contributed by atoms with Crippen LogP contribution in [0.5, 0.6) is 0 Å². The number of nitrogens with zero attached hydrogens (tertiary/aromatic N) is 1. The van der Waals surface area contributed by atoms with Crippen molar-refractivity contribution in [1.82, 2.24) is 4.98 Å². The van der Waals surface area contributed by atoms with Gasteiger partial charge in [0.15, 0.2) is 0 Å². The predicted molar refractivity (Wildman–Crippen MR) is 33.7 cm³/mol. The van der Waals surface area contributed by atoms with E-state index in [4.69, 9.17) is 0 Å². The predicted octanol–water partition coefficient (Wildman–Crippen LogP) is 1.70. The van der Waals surface area contributed by atoms with Gasteiger partial charge in [-0.25, -0.2) is 0 Å². The van der Waals surface area contributed by atoms with Crippen molar-refractivity contribution in [2.24, 2.45) is 0 Å². The molecule has 0 amide bonds. The second kappa shape index (κ2) is 3.98. The van der Waals surface area contributed by atoms with Crippen LogP contribution in [0.25, 0.3) is 0 Å². The molecule has 1 nitrogen and oxygen atoms in total. The zero-order valence-electron chi connectivity index (χ0n) is 5.89. The minimum atomic E-state index is 0. The molecule has 0 aliphatic heterocycles. The average Bonchev–Trinajstić information content (AvgIpc) is 1.77. The van der Waals surface area contributed by atoms with E-state index in [0.29, 0.717) is 0 Å². The van der Waals surface area contributed by atoms with E-state index in [-0.39, 0.29) is 27.3 Å². The first-order chi connectivity index (χ1) is 3.80. The molecule has 0 fully saturated rings. The maximum atomic E-state index is 4.08. The van der Waals surface area contributed by atoms with Gasteiger partial charge in [0.1, 0.15) is 0 Å². The first-order valence-corrected chi connectivity index (χ1v) is 2.69. The summed E-state index contributed by atoms with van der Waals surface area (Å²) in [6, 6.07) is 4.00. The van der Waals surface area contributed by atoms with Crippen molar-refractivity contribution in [3.63, 3.8) is 0 Å². The monoisotopic (exact) mass is 221 g/mol. The SMILES string of the molecule is Cc1cccnc1C.[Cd]. The van der Waals surface area contributed by atoms with Crippen molar-refractivity contribution in [2.45, 2.75) is 13.8 Å². The summed E-state index contributed by atoms with van der Waals surface area (Å²) in [4.78, 5) is 4.08. The molecular weight excluding hydrogens is 210 g/mol. The Bertz CT molecular complexity index is 165. The van der Waals surface area contributed by atoms with Crippen molar-refractivity contribution < 1.29 is 27.3 Å². The maximum Gasteiger partial charge on any atom is 0.0401 e. The molecule has 44 valence electrons. The van der Waals surface area contributed by atoms with Crippen LogP contribution in [-0.4, -0.2) is 4.98 Å². The largest absolute Gasteiger partial charge is 0.261 e. The molecule has 0 aliphatic rings. The summed E-state index contributed by atoms with van der Waals surface area (Å²) in [6.07, 6.45) is 1.81. The molecule has 0 aromatic carbocycles. The third-order valence-electron chi connectivity index (χ3n) is 1.27. The van der Waals surface area contributed by atoms with E-state index < -0.39 is 0 Å². The molecular formula is C7H9CdN. The van der Waals surface area contributed by atoms with E-state index >= 15 is 0 Å². The van der Waals surface area contributed by atoms with Crippen molar-refractivity contribution in [1.29, 1.82) is 0 Å². The van der Waals surface area contributed by atoms with E-state index in [9.17, 15) is 0 Å². The number of aromatic nitrogens is 1. The van der Waals surface area contributed by atoms with Crippen molar-refractivity contribution in [3.05, 3.63) is 29.6 Å². The Morgan fingerprint density at radius 3 is 2.33 bits per heavy atom. The fourth-order valence-corrected chi connectivity index (χ4v) is 0.565.